The number of aliphatic hydroxyl groups excluding tert-OH is 1. The Hall–Kier alpha value is -4.30. The van der Waals surface area contributed by atoms with Crippen molar-refractivity contribution in [2.45, 2.75) is 38.8 Å². The quantitative estimate of drug-likeness (QED) is 0.216. The number of carbonyl (C=O) groups excluding carboxylic acids is 2. The fourth-order valence-corrected chi connectivity index (χ4v) is 4.79. The maximum absolute atomic E-state index is 13.0. The van der Waals surface area contributed by atoms with E-state index in [-0.39, 0.29) is 32.5 Å². The van der Waals surface area contributed by atoms with Gasteiger partial charge in [-0.25, -0.2) is 0 Å². The maximum Gasteiger partial charge on any atom is 0.258 e. The Bertz CT molecular complexity index is 1410. The molecule has 1 aromatic heterocycles. The Labute approximate surface area is 236 Å². The predicted octanol–water partition coefficient (Wildman–Crippen LogP) is 4.50. The van der Waals surface area contributed by atoms with Crippen molar-refractivity contribution in [3.63, 3.8) is 0 Å². The van der Waals surface area contributed by atoms with Crippen LogP contribution in [0.25, 0.3) is 10.9 Å². The van der Waals surface area contributed by atoms with Crippen LogP contribution < -0.4 is 14.8 Å². The lowest BCUT2D eigenvalue weighted by atomic mass is 10.0. The fraction of sp³-hybridized carbons (Fsp3) is 0.312. The zero-order valence-corrected chi connectivity index (χ0v) is 23.1. The molecule has 0 fully saturated rings. The van der Waals surface area contributed by atoms with Gasteiger partial charge in [0.15, 0.2) is 6.61 Å². The number of rotatable bonds is 14. The average molecular weight is 546 g/mol. The summed E-state index contributed by atoms with van der Waals surface area (Å²) in [4.78, 5) is 30.8. The number of amides is 2. The molecule has 0 spiro atoms. The summed E-state index contributed by atoms with van der Waals surface area (Å²) in [7, 11) is 1.61. The van der Waals surface area contributed by atoms with Crippen LogP contribution in [0.3, 0.4) is 0 Å². The third-order valence-electron chi connectivity index (χ3n) is 6.86. The zero-order chi connectivity index (χ0) is 28.3. The number of hydrogen-bond acceptors (Lipinski definition) is 5. The number of nitrogens with one attached hydrogen (secondary N) is 2. The second kappa shape index (κ2) is 14.2. The van der Waals surface area contributed by atoms with Gasteiger partial charge in [0.05, 0.1) is 13.2 Å². The highest BCUT2D eigenvalue weighted by Gasteiger charge is 2.22. The lowest BCUT2D eigenvalue weighted by Gasteiger charge is -2.28. The molecule has 40 heavy (non-hydrogen) atoms. The summed E-state index contributed by atoms with van der Waals surface area (Å²) in [6, 6.07) is 22.8. The van der Waals surface area contributed by atoms with Gasteiger partial charge in [-0.15, -0.1) is 0 Å². The van der Waals surface area contributed by atoms with Gasteiger partial charge in [0.25, 0.3) is 5.91 Å². The number of aromatic nitrogens is 1. The van der Waals surface area contributed by atoms with Crippen molar-refractivity contribution in [2.75, 3.05) is 26.9 Å². The van der Waals surface area contributed by atoms with Crippen molar-refractivity contribution in [1.82, 2.24) is 15.2 Å². The largest absolute Gasteiger partial charge is 0.496 e. The first-order chi connectivity index (χ1) is 19.5. The van der Waals surface area contributed by atoms with Crippen LogP contribution in [0.15, 0.2) is 79.0 Å². The van der Waals surface area contributed by atoms with Gasteiger partial charge in [-0.05, 0) is 54.7 Å². The highest BCUT2D eigenvalue weighted by Crippen LogP contribution is 2.22. The van der Waals surface area contributed by atoms with E-state index in [0.29, 0.717) is 37.4 Å². The van der Waals surface area contributed by atoms with Crippen molar-refractivity contribution >= 4 is 22.7 Å². The van der Waals surface area contributed by atoms with E-state index < -0.39 is 0 Å². The molecule has 212 valence electrons. The third-order valence-corrected chi connectivity index (χ3v) is 6.86. The van der Waals surface area contributed by atoms with Crippen molar-refractivity contribution in [1.29, 1.82) is 0 Å². The van der Waals surface area contributed by atoms with E-state index in [1.165, 1.54) is 6.92 Å². The van der Waals surface area contributed by atoms with E-state index in [0.717, 1.165) is 34.0 Å². The smallest absolute Gasteiger partial charge is 0.258 e. The van der Waals surface area contributed by atoms with Gasteiger partial charge in [0, 0.05) is 50.7 Å². The van der Waals surface area contributed by atoms with Crippen molar-refractivity contribution < 1.29 is 25.6 Å². The first-order valence-corrected chi connectivity index (χ1v) is 13.5. The summed E-state index contributed by atoms with van der Waals surface area (Å²) in [6.45, 7) is 2.22. The molecular formula is C32H39N3O5. The summed E-state index contributed by atoms with van der Waals surface area (Å²) in [6.07, 6.45) is 3.98. The number of hydrogen-bond donors (Lipinski definition) is 3. The molecule has 0 bridgehead atoms. The van der Waals surface area contributed by atoms with Gasteiger partial charge in [0.1, 0.15) is 11.5 Å². The minimum atomic E-state index is -0.352. The van der Waals surface area contributed by atoms with E-state index in [4.69, 9.17) is 14.6 Å². The van der Waals surface area contributed by atoms with Gasteiger partial charge in [-0.3, -0.25) is 9.59 Å². The van der Waals surface area contributed by atoms with Crippen LogP contribution >= 0.6 is 0 Å². The SMILES string of the molecule is COc1ccccc1CN(CC(Cc1c[nH]c2ccccc12)NC(=O)COc1ccc(CCCO)cc1)C(C)=O.[HH]. The van der Waals surface area contributed by atoms with Crippen molar-refractivity contribution in [3.05, 3.63) is 95.7 Å². The number of para-hydroxylation sites is 2. The monoisotopic (exact) mass is 545 g/mol. The van der Waals surface area contributed by atoms with Gasteiger partial charge < -0.3 is 29.8 Å². The molecule has 1 heterocycles. The second-order valence-electron chi connectivity index (χ2n) is 9.80. The van der Waals surface area contributed by atoms with Gasteiger partial charge >= 0.3 is 0 Å². The van der Waals surface area contributed by atoms with Crippen LogP contribution in [-0.2, 0) is 29.0 Å². The molecule has 1 unspecified atom stereocenters. The molecule has 8 nitrogen and oxygen atoms in total. The summed E-state index contributed by atoms with van der Waals surface area (Å²) in [5, 5.41) is 13.2. The maximum atomic E-state index is 13.0. The highest BCUT2D eigenvalue weighted by atomic mass is 16.5. The molecule has 0 aliphatic heterocycles. The number of benzene rings is 3. The number of H-pyrrole nitrogens is 1. The Morgan fingerprint density at radius 3 is 2.52 bits per heavy atom. The molecule has 0 saturated carbocycles. The number of aromatic amines is 1. The summed E-state index contributed by atoms with van der Waals surface area (Å²) in [5.74, 6) is 0.941. The van der Waals surface area contributed by atoms with Gasteiger partial charge in [-0.2, -0.15) is 0 Å². The highest BCUT2D eigenvalue weighted by molar-refractivity contribution is 5.83. The molecule has 0 radical (unpaired) electrons. The van der Waals surface area contributed by atoms with E-state index >= 15 is 0 Å². The number of nitrogens with zero attached hydrogens (tertiary/aromatic N) is 1. The normalized spacial score (nSPS) is 11.7. The van der Waals surface area contributed by atoms with E-state index in [2.05, 4.69) is 10.3 Å². The van der Waals surface area contributed by atoms with Crippen molar-refractivity contribution in [3.8, 4) is 11.5 Å². The molecule has 8 heteroatoms. The molecule has 2 amide bonds. The number of fused-ring (bicyclic) bond motifs is 1. The Morgan fingerprint density at radius 2 is 1.77 bits per heavy atom. The topological polar surface area (TPSA) is 104 Å². The standard InChI is InChI=1S/C32H37N3O5.H2/c1-23(37)35(20-25-9-3-6-12-31(25)39-2)21-27(18-26-19-33-30-11-5-4-10-29(26)30)34-32(38)22-40-28-15-13-24(14-16-28)8-7-17-36;/h3-6,9-16,19,27,33,36H,7-8,17-18,20-22H2,1-2H3,(H,34,38);1H. The number of methoxy groups -OCH3 is 1. The summed E-state index contributed by atoms with van der Waals surface area (Å²) in [5.41, 5.74) is 4.07. The van der Waals surface area contributed by atoms with E-state index in [1.807, 2.05) is 79.0 Å². The van der Waals surface area contributed by atoms with Crippen LogP contribution in [0, 0.1) is 0 Å². The summed E-state index contributed by atoms with van der Waals surface area (Å²) < 4.78 is 11.2. The van der Waals surface area contributed by atoms with Crippen molar-refractivity contribution in [2.24, 2.45) is 0 Å². The third kappa shape index (κ3) is 7.86. The molecule has 3 aromatic carbocycles. The van der Waals surface area contributed by atoms with Crippen LogP contribution in [0.2, 0.25) is 0 Å². The van der Waals surface area contributed by atoms with Gasteiger partial charge in [0.2, 0.25) is 5.91 Å². The molecule has 0 aliphatic rings. The minimum absolute atomic E-state index is 0. The molecule has 0 aliphatic carbocycles. The van der Waals surface area contributed by atoms with Crippen LogP contribution in [0.4, 0.5) is 0 Å². The number of aryl methyl sites for hydroxylation is 1. The van der Waals surface area contributed by atoms with Gasteiger partial charge in [-0.1, -0.05) is 48.5 Å². The Kier molecular flexibility index (Phi) is 10.2. The second-order valence-corrected chi connectivity index (χ2v) is 9.80. The van der Waals surface area contributed by atoms with Crippen LogP contribution in [0.1, 0.15) is 31.5 Å². The fourth-order valence-electron chi connectivity index (χ4n) is 4.79. The lowest BCUT2D eigenvalue weighted by molar-refractivity contribution is -0.131. The summed E-state index contributed by atoms with van der Waals surface area (Å²) >= 11 is 0. The molecule has 3 N–H and O–H groups in total. The Balaban J connectivity index is 0.00000462. The number of aliphatic hydroxyl groups is 1. The average Bonchev–Trinajstić information content (AvgIpc) is 3.38. The lowest BCUT2D eigenvalue weighted by Crippen LogP contribution is -2.47. The van der Waals surface area contributed by atoms with E-state index in [9.17, 15) is 9.59 Å². The first-order valence-electron chi connectivity index (χ1n) is 13.5. The Morgan fingerprint density at radius 1 is 1.02 bits per heavy atom. The minimum Gasteiger partial charge on any atom is -0.496 e. The number of carbonyl (C=O) groups is 2. The molecule has 4 aromatic rings. The van der Waals surface area contributed by atoms with Crippen LogP contribution in [-0.4, -0.2) is 59.7 Å². The molecular weight excluding hydrogens is 506 g/mol. The number of ether oxygens (including phenoxy) is 2. The first kappa shape index (κ1) is 28.7. The molecule has 0 saturated heterocycles. The molecule has 4 rings (SSSR count). The predicted molar refractivity (Wildman–Crippen MR) is 157 cm³/mol. The molecule has 1 atom stereocenters. The zero-order valence-electron chi connectivity index (χ0n) is 23.1. The van der Waals surface area contributed by atoms with Crippen LogP contribution in [0.5, 0.6) is 11.5 Å². The van der Waals surface area contributed by atoms with E-state index in [1.54, 1.807) is 12.0 Å².